The second-order valence-electron chi connectivity index (χ2n) is 5.15. The average molecular weight is 385 g/mol. The Morgan fingerprint density at radius 3 is 2.35 bits per heavy atom. The maximum absolute atomic E-state index is 12.6. The molecule has 1 aromatic rings. The summed E-state index contributed by atoms with van der Waals surface area (Å²) in [6.45, 7) is 4.25. The summed E-state index contributed by atoms with van der Waals surface area (Å²) in [7, 11) is -4.00. The van der Waals surface area contributed by atoms with Crippen LogP contribution in [0.3, 0.4) is 0 Å². The molecule has 0 radical (unpaired) electrons. The molecule has 0 bridgehead atoms. The standard InChI is InChI=1S/C12H15BrClNO4S/c1-12(2,3)15(7-11(16)17)20(18,19)10-5-4-8(13)6-9(10)14/h4-6H,7H2,1-3H3,(H,16,17). The largest absolute Gasteiger partial charge is 0.480 e. The SMILES string of the molecule is CC(C)(C)N(CC(=O)O)S(=O)(=O)c1ccc(Br)cc1Cl. The zero-order chi connectivity index (χ0) is 15.7. The first kappa shape index (κ1) is 17.4. The van der Waals surface area contributed by atoms with Crippen LogP contribution in [0.5, 0.6) is 0 Å². The highest BCUT2D eigenvalue weighted by molar-refractivity contribution is 9.10. The molecule has 0 saturated carbocycles. The van der Waals surface area contributed by atoms with E-state index >= 15 is 0 Å². The molecule has 112 valence electrons. The molecule has 20 heavy (non-hydrogen) atoms. The summed E-state index contributed by atoms with van der Waals surface area (Å²) in [5.74, 6) is -1.23. The van der Waals surface area contributed by atoms with E-state index in [1.165, 1.54) is 12.1 Å². The van der Waals surface area contributed by atoms with Gasteiger partial charge in [-0.3, -0.25) is 4.79 Å². The van der Waals surface area contributed by atoms with E-state index in [2.05, 4.69) is 15.9 Å². The Balaban J connectivity index is 3.40. The molecule has 0 spiro atoms. The highest BCUT2D eigenvalue weighted by Crippen LogP contribution is 2.30. The summed E-state index contributed by atoms with van der Waals surface area (Å²) in [4.78, 5) is 10.8. The van der Waals surface area contributed by atoms with E-state index < -0.39 is 28.1 Å². The molecule has 8 heteroatoms. The van der Waals surface area contributed by atoms with Crippen molar-refractivity contribution in [3.05, 3.63) is 27.7 Å². The lowest BCUT2D eigenvalue weighted by atomic mass is 10.1. The maximum Gasteiger partial charge on any atom is 0.318 e. The van der Waals surface area contributed by atoms with Crippen molar-refractivity contribution in [2.45, 2.75) is 31.2 Å². The lowest BCUT2D eigenvalue weighted by Gasteiger charge is -2.33. The first-order valence-corrected chi connectivity index (χ1v) is 8.27. The first-order chi connectivity index (χ1) is 8.96. The molecular formula is C12H15BrClNO4S. The van der Waals surface area contributed by atoms with Gasteiger partial charge in [-0.25, -0.2) is 8.42 Å². The van der Waals surface area contributed by atoms with Crippen LogP contribution in [0.25, 0.3) is 0 Å². The van der Waals surface area contributed by atoms with Gasteiger partial charge < -0.3 is 5.11 Å². The Kier molecular flexibility index (Phi) is 5.23. The fraction of sp³-hybridized carbons (Fsp3) is 0.417. The van der Waals surface area contributed by atoms with E-state index in [4.69, 9.17) is 16.7 Å². The van der Waals surface area contributed by atoms with Gasteiger partial charge in [0.1, 0.15) is 11.4 Å². The molecule has 0 amide bonds. The van der Waals surface area contributed by atoms with Crippen LogP contribution in [0.4, 0.5) is 0 Å². The lowest BCUT2D eigenvalue weighted by molar-refractivity contribution is -0.138. The van der Waals surface area contributed by atoms with E-state index in [1.807, 2.05) is 0 Å². The monoisotopic (exact) mass is 383 g/mol. The topological polar surface area (TPSA) is 74.7 Å². The molecule has 0 aromatic heterocycles. The number of hydrogen-bond donors (Lipinski definition) is 1. The summed E-state index contributed by atoms with van der Waals surface area (Å²) in [6, 6.07) is 4.35. The number of carboxylic acid groups (broad SMARTS) is 1. The Morgan fingerprint density at radius 2 is 1.95 bits per heavy atom. The van der Waals surface area contributed by atoms with Crippen molar-refractivity contribution in [1.29, 1.82) is 0 Å². The minimum absolute atomic E-state index is 0.0408. The molecule has 1 rings (SSSR count). The lowest BCUT2D eigenvalue weighted by Crippen LogP contribution is -2.48. The number of rotatable bonds is 4. The maximum atomic E-state index is 12.6. The van der Waals surface area contributed by atoms with Crippen molar-refractivity contribution >= 4 is 43.5 Å². The van der Waals surface area contributed by atoms with Gasteiger partial charge in [-0.15, -0.1) is 0 Å². The second kappa shape index (κ2) is 6.01. The fourth-order valence-corrected chi connectivity index (χ4v) is 4.36. The van der Waals surface area contributed by atoms with Crippen LogP contribution in [0.1, 0.15) is 20.8 Å². The van der Waals surface area contributed by atoms with Crippen LogP contribution < -0.4 is 0 Å². The summed E-state index contributed by atoms with van der Waals surface area (Å²) in [5, 5.41) is 8.97. The van der Waals surface area contributed by atoms with E-state index in [-0.39, 0.29) is 9.92 Å². The number of aliphatic carboxylic acids is 1. The van der Waals surface area contributed by atoms with Gasteiger partial charge in [0.2, 0.25) is 10.0 Å². The minimum atomic E-state index is -4.00. The van der Waals surface area contributed by atoms with Crippen LogP contribution in [-0.4, -0.2) is 35.9 Å². The quantitative estimate of drug-likeness (QED) is 0.866. The number of sulfonamides is 1. The number of hydrogen-bond acceptors (Lipinski definition) is 3. The van der Waals surface area contributed by atoms with Gasteiger partial charge in [0.25, 0.3) is 0 Å². The van der Waals surface area contributed by atoms with Crippen molar-refractivity contribution in [1.82, 2.24) is 4.31 Å². The first-order valence-electron chi connectivity index (χ1n) is 5.66. The number of carbonyl (C=O) groups is 1. The Hall–Kier alpha value is -0.630. The van der Waals surface area contributed by atoms with Crippen molar-refractivity contribution < 1.29 is 18.3 Å². The third kappa shape index (κ3) is 3.94. The summed E-state index contributed by atoms with van der Waals surface area (Å²) < 4.78 is 26.8. The molecule has 0 atom stereocenters. The van der Waals surface area contributed by atoms with Gasteiger partial charge in [0.05, 0.1) is 5.02 Å². The number of nitrogens with zero attached hydrogens (tertiary/aromatic N) is 1. The summed E-state index contributed by atoms with van der Waals surface area (Å²) in [5.41, 5.74) is -0.881. The average Bonchev–Trinajstić information content (AvgIpc) is 2.23. The number of carboxylic acids is 1. The van der Waals surface area contributed by atoms with Crippen molar-refractivity contribution in [3.8, 4) is 0 Å². The molecule has 1 N–H and O–H groups in total. The zero-order valence-electron chi connectivity index (χ0n) is 11.2. The third-order valence-corrected chi connectivity index (χ3v) is 5.58. The minimum Gasteiger partial charge on any atom is -0.480 e. The normalized spacial score (nSPS) is 12.7. The van der Waals surface area contributed by atoms with Crippen LogP contribution in [0, 0.1) is 0 Å². The van der Waals surface area contributed by atoms with E-state index in [1.54, 1.807) is 26.8 Å². The van der Waals surface area contributed by atoms with Gasteiger partial charge >= 0.3 is 5.97 Å². The predicted molar refractivity (Wildman–Crippen MR) is 80.4 cm³/mol. The zero-order valence-corrected chi connectivity index (χ0v) is 14.4. The van der Waals surface area contributed by atoms with E-state index in [0.717, 1.165) is 4.31 Å². The Morgan fingerprint density at radius 1 is 1.40 bits per heavy atom. The van der Waals surface area contributed by atoms with Gasteiger partial charge in [-0.05, 0) is 39.0 Å². The van der Waals surface area contributed by atoms with Crippen molar-refractivity contribution in [2.24, 2.45) is 0 Å². The molecule has 0 unspecified atom stereocenters. The molecule has 0 fully saturated rings. The van der Waals surface area contributed by atoms with Gasteiger partial charge in [-0.2, -0.15) is 4.31 Å². The van der Waals surface area contributed by atoms with Crippen LogP contribution in [-0.2, 0) is 14.8 Å². The summed E-state index contributed by atoms with van der Waals surface area (Å²) in [6.07, 6.45) is 0. The molecule has 0 aliphatic rings. The molecular weight excluding hydrogens is 370 g/mol. The molecule has 0 aliphatic heterocycles. The molecule has 1 aromatic carbocycles. The van der Waals surface area contributed by atoms with Crippen LogP contribution in [0.2, 0.25) is 5.02 Å². The molecule has 5 nitrogen and oxygen atoms in total. The van der Waals surface area contributed by atoms with Gasteiger partial charge in [-0.1, -0.05) is 27.5 Å². The van der Waals surface area contributed by atoms with E-state index in [0.29, 0.717) is 4.47 Å². The smallest absolute Gasteiger partial charge is 0.318 e. The fourth-order valence-electron chi connectivity index (χ4n) is 1.61. The highest BCUT2D eigenvalue weighted by atomic mass is 79.9. The molecule has 0 heterocycles. The number of halogens is 2. The van der Waals surface area contributed by atoms with Crippen LogP contribution in [0.15, 0.2) is 27.6 Å². The Bertz CT molecular complexity index is 625. The Labute approximate surface area is 131 Å². The summed E-state index contributed by atoms with van der Waals surface area (Å²) >= 11 is 9.15. The number of benzene rings is 1. The highest BCUT2D eigenvalue weighted by Gasteiger charge is 2.36. The van der Waals surface area contributed by atoms with Crippen LogP contribution >= 0.6 is 27.5 Å². The van der Waals surface area contributed by atoms with Gasteiger partial charge in [0, 0.05) is 10.0 Å². The second-order valence-corrected chi connectivity index (χ2v) is 8.30. The molecule has 0 saturated heterocycles. The van der Waals surface area contributed by atoms with E-state index in [9.17, 15) is 13.2 Å². The van der Waals surface area contributed by atoms with Crippen molar-refractivity contribution in [3.63, 3.8) is 0 Å². The third-order valence-electron chi connectivity index (χ3n) is 2.49. The predicted octanol–water partition coefficient (Wildman–Crippen LogP) is 2.98. The van der Waals surface area contributed by atoms with Crippen molar-refractivity contribution in [2.75, 3.05) is 6.54 Å². The van der Waals surface area contributed by atoms with Gasteiger partial charge in [0.15, 0.2) is 0 Å². The molecule has 0 aliphatic carbocycles.